The lowest BCUT2D eigenvalue weighted by molar-refractivity contribution is -0.141. The van der Waals surface area contributed by atoms with E-state index in [9.17, 15) is 33.6 Å². The van der Waals surface area contributed by atoms with Crippen LogP contribution >= 0.6 is 11.8 Å². The fraction of sp³-hybridized carbons (Fsp3) is 0.594. The molecule has 1 aromatic carbocycles. The maximum absolute atomic E-state index is 12.6. The Morgan fingerprint density at radius 2 is 1.59 bits per heavy atom. The topological polar surface area (TPSA) is 156 Å². The van der Waals surface area contributed by atoms with E-state index in [0.717, 1.165) is 47.1 Å². The summed E-state index contributed by atoms with van der Waals surface area (Å²) in [4.78, 5) is 85.3. The van der Waals surface area contributed by atoms with E-state index in [4.69, 9.17) is 4.74 Å². The van der Waals surface area contributed by atoms with Crippen molar-refractivity contribution >= 4 is 52.7 Å². The fourth-order valence-corrected chi connectivity index (χ4v) is 5.38. The van der Waals surface area contributed by atoms with Gasteiger partial charge in [0, 0.05) is 45.4 Å². The van der Waals surface area contributed by atoms with Gasteiger partial charge < -0.3 is 15.4 Å². The quantitative estimate of drug-likeness (QED) is 0.137. The summed E-state index contributed by atoms with van der Waals surface area (Å²) < 4.78 is 5.41. The smallest absolute Gasteiger partial charge is 0.243 e. The van der Waals surface area contributed by atoms with Crippen LogP contribution in [-0.4, -0.2) is 89.7 Å². The number of amides is 4. The van der Waals surface area contributed by atoms with Gasteiger partial charge in [0.25, 0.3) is 0 Å². The Morgan fingerprint density at radius 3 is 2.30 bits per heavy atom. The molecule has 0 aliphatic carbocycles. The number of unbranched alkanes of at least 4 members (excludes halogenated alkanes) is 2. The third kappa shape index (κ3) is 14.9. The highest BCUT2D eigenvalue weighted by Crippen LogP contribution is 2.25. The number of ether oxygens (including phenoxy) is 1. The van der Waals surface area contributed by atoms with Gasteiger partial charge >= 0.3 is 0 Å². The van der Waals surface area contributed by atoms with E-state index in [-0.39, 0.29) is 73.9 Å². The van der Waals surface area contributed by atoms with E-state index < -0.39 is 17.1 Å². The Bertz CT molecular complexity index is 1150. The first-order valence-electron chi connectivity index (χ1n) is 15.3. The van der Waals surface area contributed by atoms with Crippen molar-refractivity contribution in [2.75, 3.05) is 38.6 Å². The molecule has 2 N–H and O–H groups in total. The lowest BCUT2D eigenvalue weighted by atomic mass is 10.0. The minimum atomic E-state index is -0.653. The number of ketones is 3. The van der Waals surface area contributed by atoms with Crippen LogP contribution in [0.15, 0.2) is 24.3 Å². The maximum atomic E-state index is 12.6. The second-order valence-corrected chi connectivity index (χ2v) is 12.1. The summed E-state index contributed by atoms with van der Waals surface area (Å²) in [6.45, 7) is 4.32. The third-order valence-corrected chi connectivity index (χ3v) is 8.14. The number of nitrogens with zero attached hydrogens (tertiary/aromatic N) is 1. The highest BCUT2D eigenvalue weighted by molar-refractivity contribution is 8.01. The van der Waals surface area contributed by atoms with Gasteiger partial charge in [-0.2, -0.15) is 0 Å². The standard InChI is InChI=1S/C32H45N3O8S/c1-3-4-5-15-33-30(40)22-44-28-19-31(41)35(32(28)42)20-26(37)7-6-17-43-21-27(38)13-12-24-8-10-25(11-9-24)18-29(39)34-16-14-23(2)36/h8-11,28H,3-7,12-22H2,1-2H3,(H,33,40)(H,34,39). The molecule has 1 aliphatic rings. The van der Waals surface area contributed by atoms with Crippen LogP contribution in [0.2, 0.25) is 0 Å². The Kier molecular flexibility index (Phi) is 17.2. The molecule has 0 spiro atoms. The number of likely N-dealkylation sites (tertiary alicyclic amines) is 1. The molecule has 12 heteroatoms. The van der Waals surface area contributed by atoms with E-state index in [0.29, 0.717) is 38.8 Å². The number of aryl methyl sites for hydroxylation is 1. The number of hydrogen-bond donors (Lipinski definition) is 2. The molecule has 4 amide bonds. The van der Waals surface area contributed by atoms with Gasteiger partial charge in [-0.05, 0) is 37.3 Å². The second-order valence-electron chi connectivity index (χ2n) is 10.9. The van der Waals surface area contributed by atoms with Gasteiger partial charge in [0.2, 0.25) is 23.6 Å². The summed E-state index contributed by atoms with van der Waals surface area (Å²) >= 11 is 1.12. The van der Waals surface area contributed by atoms with E-state index in [1.54, 1.807) is 0 Å². The molecule has 11 nitrogen and oxygen atoms in total. The molecule has 2 rings (SSSR count). The number of imide groups is 1. The van der Waals surface area contributed by atoms with Crippen molar-refractivity contribution in [3.8, 4) is 0 Å². The first-order chi connectivity index (χ1) is 21.1. The van der Waals surface area contributed by atoms with Crippen molar-refractivity contribution in [2.45, 2.75) is 83.3 Å². The molecule has 44 heavy (non-hydrogen) atoms. The molecule has 0 bridgehead atoms. The van der Waals surface area contributed by atoms with Crippen LogP contribution in [-0.2, 0) is 51.1 Å². The number of rotatable bonds is 23. The molecule has 1 aromatic rings. The summed E-state index contributed by atoms with van der Waals surface area (Å²) in [7, 11) is 0. The summed E-state index contributed by atoms with van der Waals surface area (Å²) in [5, 5.41) is 4.86. The maximum Gasteiger partial charge on any atom is 0.243 e. The first kappa shape index (κ1) is 36.8. The monoisotopic (exact) mass is 631 g/mol. The zero-order valence-electron chi connectivity index (χ0n) is 25.8. The van der Waals surface area contributed by atoms with Gasteiger partial charge in [-0.15, -0.1) is 11.8 Å². The lowest BCUT2D eigenvalue weighted by Gasteiger charge is -2.14. The average Bonchev–Trinajstić information content (AvgIpc) is 3.25. The van der Waals surface area contributed by atoms with Crippen LogP contribution in [0.1, 0.15) is 76.3 Å². The molecule has 0 saturated carbocycles. The van der Waals surface area contributed by atoms with Gasteiger partial charge in [-0.3, -0.25) is 38.5 Å². The second kappa shape index (κ2) is 20.6. The number of Topliss-reactive ketones (excluding diaryl/α,β-unsaturated/α-hetero) is 3. The lowest BCUT2D eigenvalue weighted by Crippen LogP contribution is -2.36. The first-order valence-corrected chi connectivity index (χ1v) is 16.3. The van der Waals surface area contributed by atoms with E-state index in [1.165, 1.54) is 6.92 Å². The Labute approximate surface area is 263 Å². The molecule has 242 valence electrons. The van der Waals surface area contributed by atoms with Crippen molar-refractivity contribution in [2.24, 2.45) is 0 Å². The minimum absolute atomic E-state index is 0.0183. The van der Waals surface area contributed by atoms with Crippen LogP contribution in [0.3, 0.4) is 0 Å². The van der Waals surface area contributed by atoms with Crippen molar-refractivity contribution < 1.29 is 38.3 Å². The molecule has 1 atom stereocenters. The molecule has 1 unspecified atom stereocenters. The van der Waals surface area contributed by atoms with E-state index >= 15 is 0 Å². The van der Waals surface area contributed by atoms with Crippen molar-refractivity contribution in [3.05, 3.63) is 35.4 Å². The summed E-state index contributed by atoms with van der Waals surface area (Å²) in [6, 6.07) is 7.44. The van der Waals surface area contributed by atoms with Gasteiger partial charge in [-0.25, -0.2) is 0 Å². The largest absolute Gasteiger partial charge is 0.374 e. The zero-order valence-corrected chi connectivity index (χ0v) is 26.6. The van der Waals surface area contributed by atoms with Gasteiger partial charge in [-0.1, -0.05) is 44.0 Å². The SMILES string of the molecule is CCCCCNC(=O)CSC1CC(=O)N(CC(=O)CCCOCC(=O)CCc2ccc(CC(=O)NCCC(C)=O)cc2)C1=O. The number of nitrogens with one attached hydrogen (secondary N) is 2. The van der Waals surface area contributed by atoms with Crippen LogP contribution in [0.4, 0.5) is 0 Å². The summed E-state index contributed by atoms with van der Waals surface area (Å²) in [5.41, 5.74) is 1.80. The molecule has 0 aromatic heterocycles. The van der Waals surface area contributed by atoms with Crippen molar-refractivity contribution in [3.63, 3.8) is 0 Å². The Balaban J connectivity index is 1.57. The molecule has 0 radical (unpaired) electrons. The number of hydrogen-bond acceptors (Lipinski definition) is 9. The Hall–Kier alpha value is -3.38. The minimum Gasteiger partial charge on any atom is -0.374 e. The number of benzene rings is 1. The van der Waals surface area contributed by atoms with Crippen LogP contribution in [0.5, 0.6) is 0 Å². The molecule has 1 saturated heterocycles. The van der Waals surface area contributed by atoms with E-state index in [2.05, 4.69) is 17.6 Å². The van der Waals surface area contributed by atoms with Crippen molar-refractivity contribution in [1.29, 1.82) is 0 Å². The van der Waals surface area contributed by atoms with E-state index in [1.807, 2.05) is 24.3 Å². The Morgan fingerprint density at radius 1 is 0.886 bits per heavy atom. The predicted octanol–water partition coefficient (Wildman–Crippen LogP) is 2.36. The normalized spacial score (nSPS) is 14.5. The molecule has 1 aliphatic heterocycles. The summed E-state index contributed by atoms with van der Waals surface area (Å²) in [6.07, 6.45) is 4.81. The number of thioether (sulfide) groups is 1. The fourth-order valence-electron chi connectivity index (χ4n) is 4.40. The van der Waals surface area contributed by atoms with Gasteiger partial charge in [0.1, 0.15) is 12.4 Å². The van der Waals surface area contributed by atoms with Gasteiger partial charge in [0.15, 0.2) is 11.6 Å². The van der Waals surface area contributed by atoms with Crippen molar-refractivity contribution in [1.82, 2.24) is 15.5 Å². The predicted molar refractivity (Wildman–Crippen MR) is 167 cm³/mol. The van der Waals surface area contributed by atoms with Crippen LogP contribution in [0, 0.1) is 0 Å². The number of carbonyl (C=O) groups is 7. The average molecular weight is 632 g/mol. The van der Waals surface area contributed by atoms with Gasteiger partial charge in [0.05, 0.1) is 24.0 Å². The molecule has 1 fully saturated rings. The van der Waals surface area contributed by atoms with Crippen LogP contribution in [0.25, 0.3) is 0 Å². The highest BCUT2D eigenvalue weighted by Gasteiger charge is 2.39. The van der Waals surface area contributed by atoms with Crippen LogP contribution < -0.4 is 10.6 Å². The molecule has 1 heterocycles. The highest BCUT2D eigenvalue weighted by atomic mass is 32.2. The zero-order chi connectivity index (χ0) is 32.3. The molecular weight excluding hydrogens is 586 g/mol. The summed E-state index contributed by atoms with van der Waals surface area (Å²) in [5.74, 6) is -1.39. The third-order valence-electron chi connectivity index (χ3n) is 6.94. The molecular formula is C32H45N3O8S. The number of carbonyl (C=O) groups excluding carboxylic acids is 7.